The Morgan fingerprint density at radius 2 is 2.00 bits per heavy atom. The minimum absolute atomic E-state index is 0.276. The molecule has 2 bridgehead atoms. The van der Waals surface area contributed by atoms with E-state index in [-0.39, 0.29) is 6.61 Å². The first-order chi connectivity index (χ1) is 14.5. The van der Waals surface area contributed by atoms with Crippen LogP contribution in [0.5, 0.6) is 5.75 Å². The fraction of sp³-hybridized carbons (Fsp3) is 0.391. The van der Waals surface area contributed by atoms with Crippen molar-refractivity contribution in [3.8, 4) is 5.75 Å². The van der Waals surface area contributed by atoms with Crippen LogP contribution in [0.4, 0.5) is 0 Å². The molecule has 2 aliphatic carbocycles. The van der Waals surface area contributed by atoms with Crippen molar-refractivity contribution in [1.29, 1.82) is 0 Å². The highest BCUT2D eigenvalue weighted by Crippen LogP contribution is 2.54. The molecule has 158 valence electrons. The predicted molar refractivity (Wildman–Crippen MR) is 117 cm³/mol. The predicted octanol–water partition coefficient (Wildman–Crippen LogP) is 6.23. The van der Waals surface area contributed by atoms with Gasteiger partial charge in [-0.2, -0.15) is 0 Å². The maximum Gasteiger partial charge on any atom is 0.527 e. The Hall–Kier alpha value is -1.72. The molecule has 2 aromatic rings. The fourth-order valence-electron chi connectivity index (χ4n) is 4.99. The summed E-state index contributed by atoms with van der Waals surface area (Å²) in [5.74, 6) is 2.76. The molecule has 0 amide bonds. The Morgan fingerprint density at radius 1 is 1.13 bits per heavy atom. The molecular weight excluding hydrogens is 419 g/mol. The van der Waals surface area contributed by atoms with Gasteiger partial charge in [0, 0.05) is 10.5 Å². The standard InChI is InChI=1S/C23H25O5PS/c1-26-20-7-4-6-19-21(13-17-5-2-3-8-22(17)30-23(19)20)28-29(24,25)27-14-18-12-15-9-10-16(18)11-15/h2-8,13,15-16,18H,9-12,14H2,1H3,(H,24,25). The molecule has 3 aliphatic rings. The molecule has 4 atom stereocenters. The van der Waals surface area contributed by atoms with Gasteiger partial charge in [-0.25, -0.2) is 4.57 Å². The third-order valence-corrected chi connectivity index (χ3v) is 8.55. The van der Waals surface area contributed by atoms with Gasteiger partial charge in [-0.1, -0.05) is 42.4 Å². The van der Waals surface area contributed by atoms with Crippen LogP contribution >= 0.6 is 19.6 Å². The van der Waals surface area contributed by atoms with Crippen LogP contribution in [0.1, 0.15) is 36.8 Å². The van der Waals surface area contributed by atoms with E-state index in [1.54, 1.807) is 24.9 Å². The van der Waals surface area contributed by atoms with Crippen molar-refractivity contribution in [2.24, 2.45) is 17.8 Å². The van der Waals surface area contributed by atoms with Gasteiger partial charge < -0.3 is 9.26 Å². The second kappa shape index (κ2) is 8.08. The number of phosphoric acid groups is 1. The van der Waals surface area contributed by atoms with E-state index in [2.05, 4.69) is 0 Å². The van der Waals surface area contributed by atoms with Crippen LogP contribution in [0, 0.1) is 17.8 Å². The Kier molecular flexibility index (Phi) is 5.44. The number of hydrogen-bond acceptors (Lipinski definition) is 5. The van der Waals surface area contributed by atoms with Crippen LogP contribution in [-0.2, 0) is 13.6 Å². The second-order valence-corrected chi connectivity index (χ2v) is 10.7. The van der Waals surface area contributed by atoms with E-state index in [0.29, 0.717) is 28.9 Å². The molecule has 0 saturated heterocycles. The van der Waals surface area contributed by atoms with Gasteiger partial charge in [0.15, 0.2) is 0 Å². The second-order valence-electron chi connectivity index (χ2n) is 8.28. The lowest BCUT2D eigenvalue weighted by Gasteiger charge is -2.23. The highest BCUT2D eigenvalue weighted by atomic mass is 32.2. The summed E-state index contributed by atoms with van der Waals surface area (Å²) >= 11 is 1.56. The van der Waals surface area contributed by atoms with E-state index in [1.807, 2.05) is 42.5 Å². The monoisotopic (exact) mass is 444 g/mol. The zero-order valence-corrected chi connectivity index (χ0v) is 18.5. The maximum absolute atomic E-state index is 12.9. The molecule has 5 rings (SSSR count). The summed E-state index contributed by atoms with van der Waals surface area (Å²) in [6.45, 7) is 0.276. The summed E-state index contributed by atoms with van der Waals surface area (Å²) in [4.78, 5) is 12.4. The normalized spacial score (nSPS) is 26.2. The lowest BCUT2D eigenvalue weighted by atomic mass is 9.90. The summed E-state index contributed by atoms with van der Waals surface area (Å²) in [5.41, 5.74) is 1.64. The number of hydrogen-bond donors (Lipinski definition) is 1. The number of ether oxygens (including phenoxy) is 1. The highest BCUT2D eigenvalue weighted by molar-refractivity contribution is 7.99. The van der Waals surface area contributed by atoms with Crippen molar-refractivity contribution in [2.75, 3.05) is 13.7 Å². The highest BCUT2D eigenvalue weighted by Gasteiger charge is 2.41. The van der Waals surface area contributed by atoms with Gasteiger partial charge in [0.1, 0.15) is 11.5 Å². The Bertz CT molecular complexity index is 1040. The molecule has 0 aromatic heterocycles. The first kappa shape index (κ1) is 20.2. The Labute approximate surface area is 181 Å². The molecule has 4 unspecified atom stereocenters. The van der Waals surface area contributed by atoms with E-state index >= 15 is 0 Å². The number of fused-ring (bicyclic) bond motifs is 4. The average molecular weight is 444 g/mol. The van der Waals surface area contributed by atoms with Crippen molar-refractivity contribution in [2.45, 2.75) is 35.5 Å². The van der Waals surface area contributed by atoms with E-state index in [0.717, 1.165) is 27.7 Å². The molecule has 0 radical (unpaired) electrons. The third-order valence-electron chi connectivity index (χ3n) is 6.43. The first-order valence-electron chi connectivity index (χ1n) is 10.4. The molecule has 1 aliphatic heterocycles. The van der Waals surface area contributed by atoms with Crippen LogP contribution in [-0.4, -0.2) is 18.6 Å². The van der Waals surface area contributed by atoms with Gasteiger partial charge in [0.05, 0.1) is 18.6 Å². The lowest BCUT2D eigenvalue weighted by Crippen LogP contribution is -2.16. The summed E-state index contributed by atoms with van der Waals surface area (Å²) < 4.78 is 29.5. The molecule has 30 heavy (non-hydrogen) atoms. The number of rotatable bonds is 6. The van der Waals surface area contributed by atoms with Crippen LogP contribution in [0.2, 0.25) is 0 Å². The zero-order chi connectivity index (χ0) is 20.7. The number of phosphoric ester groups is 1. The smallest absolute Gasteiger partial charge is 0.496 e. The molecule has 2 fully saturated rings. The first-order valence-corrected chi connectivity index (χ1v) is 12.7. The SMILES string of the molecule is COc1cccc2c1Sc1ccccc1C=C2OP(=O)(O)OCC1CC2CCC1C2. The van der Waals surface area contributed by atoms with Crippen molar-refractivity contribution in [1.82, 2.24) is 0 Å². The van der Waals surface area contributed by atoms with Crippen molar-refractivity contribution < 1.29 is 23.2 Å². The van der Waals surface area contributed by atoms with Crippen molar-refractivity contribution in [3.05, 3.63) is 53.6 Å². The van der Waals surface area contributed by atoms with Crippen LogP contribution in [0.3, 0.4) is 0 Å². The van der Waals surface area contributed by atoms with E-state index in [4.69, 9.17) is 13.8 Å². The summed E-state index contributed by atoms with van der Waals surface area (Å²) in [6.07, 6.45) is 6.63. The third kappa shape index (κ3) is 3.94. The molecule has 2 saturated carbocycles. The van der Waals surface area contributed by atoms with Gasteiger partial charge in [-0.05, 0) is 66.9 Å². The zero-order valence-electron chi connectivity index (χ0n) is 16.8. The largest absolute Gasteiger partial charge is 0.527 e. The van der Waals surface area contributed by atoms with Crippen molar-refractivity contribution in [3.63, 3.8) is 0 Å². The lowest BCUT2D eigenvalue weighted by molar-refractivity contribution is 0.142. The van der Waals surface area contributed by atoms with Gasteiger partial charge in [-0.3, -0.25) is 9.42 Å². The van der Waals surface area contributed by atoms with Gasteiger partial charge in [0.2, 0.25) is 0 Å². The average Bonchev–Trinajstić information content (AvgIpc) is 3.32. The minimum Gasteiger partial charge on any atom is -0.496 e. The molecule has 1 N–H and O–H groups in total. The van der Waals surface area contributed by atoms with E-state index in [9.17, 15) is 9.46 Å². The quantitative estimate of drug-likeness (QED) is 0.533. The number of benzene rings is 2. The summed E-state index contributed by atoms with van der Waals surface area (Å²) in [5, 5.41) is 0. The molecule has 5 nitrogen and oxygen atoms in total. The topological polar surface area (TPSA) is 65.0 Å². The van der Waals surface area contributed by atoms with Gasteiger partial charge in [0.25, 0.3) is 0 Å². The number of methoxy groups -OCH3 is 1. The fourth-order valence-corrected chi connectivity index (χ4v) is 6.97. The molecular formula is C23H25O5PS. The Balaban J connectivity index is 1.42. The minimum atomic E-state index is -4.26. The maximum atomic E-state index is 12.9. The van der Waals surface area contributed by atoms with Gasteiger partial charge >= 0.3 is 7.82 Å². The van der Waals surface area contributed by atoms with Crippen LogP contribution in [0.15, 0.2) is 52.3 Å². The summed E-state index contributed by atoms with van der Waals surface area (Å²) in [7, 11) is -2.65. The molecule has 0 spiro atoms. The molecule has 7 heteroatoms. The summed E-state index contributed by atoms with van der Waals surface area (Å²) in [6, 6.07) is 13.5. The van der Waals surface area contributed by atoms with Crippen LogP contribution in [0.25, 0.3) is 11.8 Å². The van der Waals surface area contributed by atoms with E-state index < -0.39 is 7.82 Å². The molecule has 2 aromatic carbocycles. The van der Waals surface area contributed by atoms with Crippen LogP contribution < -0.4 is 4.74 Å². The van der Waals surface area contributed by atoms with E-state index in [1.165, 1.54) is 19.3 Å². The molecule has 1 heterocycles. The van der Waals surface area contributed by atoms with Gasteiger partial charge in [-0.15, -0.1) is 0 Å². The van der Waals surface area contributed by atoms with Crippen molar-refractivity contribution >= 4 is 31.4 Å². The Morgan fingerprint density at radius 3 is 2.77 bits per heavy atom.